The Kier molecular flexibility index (Phi) is 6.67. The number of rotatable bonds is 8. The zero-order valence-electron chi connectivity index (χ0n) is 16.0. The lowest BCUT2D eigenvalue weighted by Gasteiger charge is -2.02. The second kappa shape index (κ2) is 9.79. The third-order valence-electron chi connectivity index (χ3n) is 3.99. The molecule has 1 amide bonds. The molecule has 4 aromatic rings. The maximum absolute atomic E-state index is 12.3. The minimum absolute atomic E-state index is 0.215. The average Bonchev–Trinajstić information content (AvgIpc) is 3.42. The van der Waals surface area contributed by atoms with Gasteiger partial charge in [0.2, 0.25) is 10.1 Å². The molecule has 2 aromatic carbocycles. The summed E-state index contributed by atoms with van der Waals surface area (Å²) in [6.07, 6.45) is 0. The summed E-state index contributed by atoms with van der Waals surface area (Å²) in [5, 5.41) is 24.5. The zero-order chi connectivity index (χ0) is 20.8. The smallest absolute Gasteiger partial charge is 0.282 e. The quantitative estimate of drug-likeness (QED) is 0.374. The topological polar surface area (TPSA) is 92.7 Å². The van der Waals surface area contributed by atoms with Crippen molar-refractivity contribution in [3.05, 3.63) is 75.7 Å². The van der Waals surface area contributed by atoms with E-state index in [4.69, 9.17) is 0 Å². The molecule has 0 aliphatic rings. The molecule has 30 heavy (non-hydrogen) atoms. The summed E-state index contributed by atoms with van der Waals surface area (Å²) in [6, 6.07) is 17.9. The van der Waals surface area contributed by atoms with Crippen LogP contribution in [0.5, 0.6) is 0 Å². The fourth-order valence-corrected chi connectivity index (χ4v) is 4.97. The second-order valence-corrected chi connectivity index (χ2v) is 9.58. The molecular weight excluding hydrogens is 436 g/mol. The summed E-state index contributed by atoms with van der Waals surface area (Å²) in [5.41, 5.74) is 3.22. The van der Waals surface area contributed by atoms with Gasteiger partial charge in [-0.1, -0.05) is 82.5 Å². The number of benzene rings is 2. The minimum Gasteiger partial charge on any atom is -0.346 e. The van der Waals surface area contributed by atoms with Crippen LogP contribution in [0.3, 0.4) is 0 Å². The maximum atomic E-state index is 12.3. The monoisotopic (exact) mass is 454 g/mol. The van der Waals surface area contributed by atoms with Gasteiger partial charge in [0.15, 0.2) is 4.34 Å². The van der Waals surface area contributed by atoms with Crippen molar-refractivity contribution in [1.29, 1.82) is 0 Å². The molecule has 2 aromatic heterocycles. The Hall–Kier alpha value is -2.82. The third-order valence-corrected chi connectivity index (χ3v) is 7.07. The second-order valence-electron chi connectivity index (χ2n) is 6.32. The Morgan fingerprint density at radius 3 is 2.57 bits per heavy atom. The molecular formula is C20H18N6OS3. The van der Waals surface area contributed by atoms with E-state index in [9.17, 15) is 4.79 Å². The summed E-state index contributed by atoms with van der Waals surface area (Å²) in [4.78, 5) is 12.3. The highest BCUT2D eigenvalue weighted by atomic mass is 32.2. The molecule has 2 heterocycles. The Morgan fingerprint density at radius 2 is 1.77 bits per heavy atom. The van der Waals surface area contributed by atoms with E-state index in [1.54, 1.807) is 0 Å². The van der Waals surface area contributed by atoms with Crippen molar-refractivity contribution in [1.82, 2.24) is 25.7 Å². The number of anilines is 2. The van der Waals surface area contributed by atoms with Crippen molar-refractivity contribution in [2.24, 2.45) is 0 Å². The van der Waals surface area contributed by atoms with Crippen LogP contribution in [-0.2, 0) is 12.3 Å². The normalized spacial score (nSPS) is 10.7. The summed E-state index contributed by atoms with van der Waals surface area (Å²) in [6.45, 7) is 2.51. The third kappa shape index (κ3) is 5.62. The van der Waals surface area contributed by atoms with Crippen molar-refractivity contribution < 1.29 is 4.79 Å². The summed E-state index contributed by atoms with van der Waals surface area (Å²) >= 11 is 4.29. The van der Waals surface area contributed by atoms with E-state index in [1.165, 1.54) is 40.0 Å². The van der Waals surface area contributed by atoms with E-state index in [0.717, 1.165) is 25.7 Å². The fourth-order valence-electron chi connectivity index (χ4n) is 2.46. The van der Waals surface area contributed by atoms with Crippen molar-refractivity contribution in [3.8, 4) is 0 Å². The van der Waals surface area contributed by atoms with Gasteiger partial charge < -0.3 is 10.6 Å². The fraction of sp³-hybridized carbons (Fsp3) is 0.150. The van der Waals surface area contributed by atoms with Gasteiger partial charge in [-0.25, -0.2) is 0 Å². The number of carbonyl (C=O) groups excluding carboxylic acids is 1. The van der Waals surface area contributed by atoms with Crippen LogP contribution in [0.4, 0.5) is 10.8 Å². The predicted octanol–water partition coefficient (Wildman–Crippen LogP) is 4.66. The highest BCUT2D eigenvalue weighted by molar-refractivity contribution is 8.00. The number of thioether (sulfide) groups is 1. The van der Waals surface area contributed by atoms with Crippen molar-refractivity contribution in [2.75, 3.05) is 5.32 Å². The van der Waals surface area contributed by atoms with Crippen LogP contribution in [0.15, 0.2) is 58.9 Å². The lowest BCUT2D eigenvalue weighted by atomic mass is 10.2. The van der Waals surface area contributed by atoms with Gasteiger partial charge >= 0.3 is 0 Å². The molecule has 0 radical (unpaired) electrons. The van der Waals surface area contributed by atoms with E-state index in [1.807, 2.05) is 54.6 Å². The molecule has 2 N–H and O–H groups in total. The first-order valence-corrected chi connectivity index (χ1v) is 11.7. The van der Waals surface area contributed by atoms with Crippen LogP contribution in [0.1, 0.15) is 25.9 Å². The first kappa shape index (κ1) is 20.5. The van der Waals surface area contributed by atoms with E-state index in [0.29, 0.717) is 17.3 Å². The molecule has 0 unspecified atom stereocenters. The number of nitrogens with zero attached hydrogens (tertiary/aromatic N) is 4. The van der Waals surface area contributed by atoms with Gasteiger partial charge in [-0.2, -0.15) is 0 Å². The van der Waals surface area contributed by atoms with Crippen LogP contribution in [0.25, 0.3) is 0 Å². The Labute approximate surface area is 186 Å². The highest BCUT2D eigenvalue weighted by Crippen LogP contribution is 2.30. The van der Waals surface area contributed by atoms with E-state index >= 15 is 0 Å². The SMILES string of the molecule is Cc1ccc(Nc2nnc(SCc3nnc(C(=O)NCc4ccccc4)s3)s2)cc1. The van der Waals surface area contributed by atoms with Crippen molar-refractivity contribution >= 4 is 51.2 Å². The minimum atomic E-state index is -0.215. The molecule has 0 saturated heterocycles. The molecule has 10 heteroatoms. The Morgan fingerprint density at radius 1 is 0.967 bits per heavy atom. The number of aromatic nitrogens is 4. The van der Waals surface area contributed by atoms with Crippen molar-refractivity contribution in [3.63, 3.8) is 0 Å². The summed E-state index contributed by atoms with van der Waals surface area (Å²) < 4.78 is 0.829. The summed E-state index contributed by atoms with van der Waals surface area (Å²) in [7, 11) is 0. The number of carbonyl (C=O) groups is 1. The molecule has 0 aliphatic carbocycles. The van der Waals surface area contributed by atoms with Crippen LogP contribution in [-0.4, -0.2) is 26.3 Å². The van der Waals surface area contributed by atoms with Crippen LogP contribution >= 0.6 is 34.4 Å². The standard InChI is InChI=1S/C20H18N6OS3/c1-13-7-9-15(10-8-13)22-19-25-26-20(30-19)28-12-16-23-24-18(29-16)17(27)21-11-14-5-3-2-4-6-14/h2-10H,11-12H2,1H3,(H,21,27)(H,22,25). The lowest BCUT2D eigenvalue weighted by molar-refractivity contribution is 0.0950. The number of aryl methyl sites for hydroxylation is 1. The van der Waals surface area contributed by atoms with Crippen LogP contribution in [0.2, 0.25) is 0 Å². The Bertz CT molecular complexity index is 1110. The molecule has 0 bridgehead atoms. The lowest BCUT2D eigenvalue weighted by Crippen LogP contribution is -2.22. The van der Waals surface area contributed by atoms with E-state index < -0.39 is 0 Å². The first-order valence-electron chi connectivity index (χ1n) is 9.10. The van der Waals surface area contributed by atoms with Gasteiger partial charge in [0.25, 0.3) is 5.91 Å². The summed E-state index contributed by atoms with van der Waals surface area (Å²) in [5.74, 6) is 0.371. The molecule has 0 fully saturated rings. The molecule has 4 rings (SSSR count). The van der Waals surface area contributed by atoms with E-state index in [2.05, 4.69) is 38.0 Å². The zero-order valence-corrected chi connectivity index (χ0v) is 18.5. The van der Waals surface area contributed by atoms with Gasteiger partial charge in [-0.3, -0.25) is 4.79 Å². The molecule has 152 valence electrons. The molecule has 0 spiro atoms. The van der Waals surface area contributed by atoms with Crippen molar-refractivity contribution in [2.45, 2.75) is 23.6 Å². The van der Waals surface area contributed by atoms with Gasteiger partial charge in [-0.15, -0.1) is 20.4 Å². The number of hydrogen-bond acceptors (Lipinski definition) is 9. The molecule has 7 nitrogen and oxygen atoms in total. The maximum Gasteiger partial charge on any atom is 0.282 e. The number of nitrogens with one attached hydrogen (secondary N) is 2. The van der Waals surface area contributed by atoms with Crippen LogP contribution < -0.4 is 10.6 Å². The van der Waals surface area contributed by atoms with E-state index in [-0.39, 0.29) is 5.91 Å². The number of amides is 1. The molecule has 0 aliphatic heterocycles. The largest absolute Gasteiger partial charge is 0.346 e. The molecule has 0 saturated carbocycles. The van der Waals surface area contributed by atoms with Gasteiger partial charge in [0.1, 0.15) is 5.01 Å². The van der Waals surface area contributed by atoms with Crippen LogP contribution in [0, 0.1) is 6.92 Å². The average molecular weight is 455 g/mol. The van der Waals surface area contributed by atoms with Gasteiger partial charge in [0.05, 0.1) is 5.75 Å². The molecule has 0 atom stereocenters. The Balaban J connectivity index is 1.27. The predicted molar refractivity (Wildman–Crippen MR) is 121 cm³/mol. The number of hydrogen-bond donors (Lipinski definition) is 2. The highest BCUT2D eigenvalue weighted by Gasteiger charge is 2.14. The first-order chi connectivity index (χ1) is 14.7. The van der Waals surface area contributed by atoms with Gasteiger partial charge in [-0.05, 0) is 24.6 Å². The van der Waals surface area contributed by atoms with Gasteiger partial charge in [0, 0.05) is 12.2 Å².